The van der Waals surface area contributed by atoms with Gasteiger partial charge in [0.05, 0.1) is 18.8 Å². The van der Waals surface area contributed by atoms with Gasteiger partial charge in [-0.05, 0) is 44.9 Å². The van der Waals surface area contributed by atoms with E-state index in [1.807, 2.05) is 6.08 Å². The molecule has 3 N–H and O–H groups in total. The lowest BCUT2D eigenvalue weighted by atomic mass is 10.0. The Hall–Kier alpha value is -1.13. The van der Waals surface area contributed by atoms with Crippen LogP contribution in [0.2, 0.25) is 0 Å². The lowest BCUT2D eigenvalue weighted by Crippen LogP contribution is -2.45. The van der Waals surface area contributed by atoms with E-state index in [2.05, 4.69) is 31.3 Å². The minimum absolute atomic E-state index is 0.0747. The second-order valence-electron chi connectivity index (χ2n) is 11.2. The second-order valence-corrected chi connectivity index (χ2v) is 11.2. The van der Waals surface area contributed by atoms with E-state index >= 15 is 0 Å². The summed E-state index contributed by atoms with van der Waals surface area (Å²) in [7, 11) is 0. The zero-order valence-corrected chi connectivity index (χ0v) is 25.4. The number of aliphatic hydroxyl groups excluding tert-OH is 2. The zero-order chi connectivity index (χ0) is 27.9. The molecule has 0 spiro atoms. The van der Waals surface area contributed by atoms with E-state index in [1.165, 1.54) is 122 Å². The van der Waals surface area contributed by atoms with Crippen LogP contribution >= 0.6 is 0 Å². The molecule has 0 aromatic heterocycles. The van der Waals surface area contributed by atoms with Crippen molar-refractivity contribution in [3.8, 4) is 0 Å². The highest BCUT2D eigenvalue weighted by Gasteiger charge is 2.17. The topological polar surface area (TPSA) is 69.6 Å². The molecule has 0 saturated heterocycles. The molecular weight excluding hydrogens is 470 g/mol. The number of rotatable bonds is 29. The molecular formula is C34H65NO3. The van der Waals surface area contributed by atoms with Crippen LogP contribution in [0.25, 0.3) is 0 Å². The number of nitrogens with one attached hydrogen (secondary N) is 1. The van der Waals surface area contributed by atoms with Crippen molar-refractivity contribution < 1.29 is 15.0 Å². The maximum atomic E-state index is 12.2. The first-order chi connectivity index (χ1) is 18.7. The summed E-state index contributed by atoms with van der Waals surface area (Å²) in [6, 6.07) is -0.615. The van der Waals surface area contributed by atoms with Crippen molar-refractivity contribution >= 4 is 5.91 Å². The smallest absolute Gasteiger partial charge is 0.220 e. The molecule has 4 nitrogen and oxygen atoms in total. The number of amides is 1. The first-order valence-electron chi connectivity index (χ1n) is 16.6. The molecule has 2 atom stereocenters. The maximum Gasteiger partial charge on any atom is 0.220 e. The highest BCUT2D eigenvalue weighted by atomic mass is 16.3. The Labute approximate surface area is 237 Å². The molecule has 0 radical (unpaired) electrons. The predicted octanol–water partition coefficient (Wildman–Crippen LogP) is 9.34. The van der Waals surface area contributed by atoms with Crippen LogP contribution in [-0.4, -0.2) is 34.9 Å². The van der Waals surface area contributed by atoms with Gasteiger partial charge in [0.1, 0.15) is 0 Å². The summed E-state index contributed by atoms with van der Waals surface area (Å²) in [6.07, 6.45) is 37.2. The minimum Gasteiger partial charge on any atom is -0.394 e. The van der Waals surface area contributed by atoms with Crippen molar-refractivity contribution in [3.63, 3.8) is 0 Å². The lowest BCUT2D eigenvalue weighted by Gasteiger charge is -2.20. The van der Waals surface area contributed by atoms with E-state index in [-0.39, 0.29) is 12.5 Å². The fourth-order valence-electron chi connectivity index (χ4n) is 4.82. The number of aliphatic hydroxyl groups is 2. The van der Waals surface area contributed by atoms with Crippen LogP contribution in [0.3, 0.4) is 0 Å². The van der Waals surface area contributed by atoms with Gasteiger partial charge in [0.2, 0.25) is 5.91 Å². The quantitative estimate of drug-likeness (QED) is 0.0660. The van der Waals surface area contributed by atoms with Gasteiger partial charge in [0.25, 0.3) is 0 Å². The van der Waals surface area contributed by atoms with Crippen molar-refractivity contribution in [2.45, 2.75) is 180 Å². The van der Waals surface area contributed by atoms with Gasteiger partial charge >= 0.3 is 0 Å². The second kappa shape index (κ2) is 30.4. The van der Waals surface area contributed by atoms with Crippen molar-refractivity contribution in [2.24, 2.45) is 0 Å². The molecule has 224 valence electrons. The molecule has 0 bridgehead atoms. The third-order valence-electron chi connectivity index (χ3n) is 7.43. The van der Waals surface area contributed by atoms with Gasteiger partial charge in [0, 0.05) is 6.42 Å². The fourth-order valence-corrected chi connectivity index (χ4v) is 4.82. The first-order valence-corrected chi connectivity index (χ1v) is 16.6. The number of carbonyl (C=O) groups is 1. The number of hydrogen-bond donors (Lipinski definition) is 3. The van der Waals surface area contributed by atoms with Gasteiger partial charge in [-0.25, -0.2) is 0 Å². The molecule has 0 aromatic rings. The van der Waals surface area contributed by atoms with Crippen molar-refractivity contribution in [2.75, 3.05) is 6.61 Å². The summed E-state index contributed by atoms with van der Waals surface area (Å²) >= 11 is 0. The summed E-state index contributed by atoms with van der Waals surface area (Å²) in [5, 5.41) is 22.5. The normalized spacial score (nSPS) is 13.5. The Morgan fingerprint density at radius 2 is 1.00 bits per heavy atom. The Bertz CT molecular complexity index is 546. The predicted molar refractivity (Wildman–Crippen MR) is 165 cm³/mol. The molecule has 0 rings (SSSR count). The molecule has 0 aliphatic heterocycles. The molecule has 0 saturated carbocycles. The Balaban J connectivity index is 3.48. The number of carbonyl (C=O) groups excluding carboxylic acids is 1. The maximum absolute atomic E-state index is 12.2. The number of unbranched alkanes of at least 4 members (excludes halogenated alkanes) is 20. The van der Waals surface area contributed by atoms with Crippen LogP contribution in [0, 0.1) is 0 Å². The van der Waals surface area contributed by atoms with E-state index < -0.39 is 12.1 Å². The van der Waals surface area contributed by atoms with Gasteiger partial charge in [0.15, 0.2) is 0 Å². The van der Waals surface area contributed by atoms with E-state index in [0.29, 0.717) is 6.42 Å². The lowest BCUT2D eigenvalue weighted by molar-refractivity contribution is -0.123. The van der Waals surface area contributed by atoms with Crippen molar-refractivity contribution in [1.82, 2.24) is 5.32 Å². The summed E-state index contributed by atoms with van der Waals surface area (Å²) < 4.78 is 0. The SMILES string of the molecule is CCCCC/C=C/C(O)C(CO)NC(=O)CCCCCCCCCCC/C=C\CCCCCCCCCC. The monoisotopic (exact) mass is 535 g/mol. The van der Waals surface area contributed by atoms with Crippen molar-refractivity contribution in [3.05, 3.63) is 24.3 Å². The van der Waals surface area contributed by atoms with E-state index in [4.69, 9.17) is 0 Å². The van der Waals surface area contributed by atoms with Crippen LogP contribution in [-0.2, 0) is 4.79 Å². The van der Waals surface area contributed by atoms with Crippen LogP contribution in [0.15, 0.2) is 24.3 Å². The number of hydrogen-bond acceptors (Lipinski definition) is 3. The first kappa shape index (κ1) is 36.9. The highest BCUT2D eigenvalue weighted by molar-refractivity contribution is 5.76. The average Bonchev–Trinajstić information content (AvgIpc) is 2.92. The molecule has 0 aromatic carbocycles. The summed E-state index contributed by atoms with van der Waals surface area (Å²) in [5.74, 6) is -0.0747. The molecule has 4 heteroatoms. The standard InChI is InChI=1S/C34H65NO3/c1-3-5-7-9-10-11-12-13-14-15-16-17-18-19-20-21-22-23-24-26-28-30-34(38)35-32(31-36)33(37)29-27-25-8-6-4-2/h15-16,27,29,32-33,36-37H,3-14,17-26,28,30-31H2,1-2H3,(H,35,38)/b16-15-,29-27+. The van der Waals surface area contributed by atoms with Crippen LogP contribution in [0.1, 0.15) is 168 Å². The summed E-state index contributed by atoms with van der Waals surface area (Å²) in [5.41, 5.74) is 0. The summed E-state index contributed by atoms with van der Waals surface area (Å²) in [4.78, 5) is 12.2. The fraction of sp³-hybridized carbons (Fsp3) is 0.853. The van der Waals surface area contributed by atoms with Crippen LogP contribution in [0.4, 0.5) is 0 Å². The Kier molecular flexibility index (Phi) is 29.5. The van der Waals surface area contributed by atoms with E-state index in [0.717, 1.165) is 25.7 Å². The summed E-state index contributed by atoms with van der Waals surface area (Å²) in [6.45, 7) is 4.19. The molecule has 0 aliphatic rings. The van der Waals surface area contributed by atoms with Gasteiger partial charge in [-0.1, -0.05) is 141 Å². The van der Waals surface area contributed by atoms with Gasteiger partial charge in [-0.3, -0.25) is 4.79 Å². The largest absolute Gasteiger partial charge is 0.394 e. The van der Waals surface area contributed by atoms with Gasteiger partial charge in [-0.2, -0.15) is 0 Å². The van der Waals surface area contributed by atoms with Gasteiger partial charge < -0.3 is 15.5 Å². The molecule has 0 aliphatic carbocycles. The Morgan fingerprint density at radius 1 is 0.605 bits per heavy atom. The molecule has 0 heterocycles. The van der Waals surface area contributed by atoms with Crippen LogP contribution in [0.5, 0.6) is 0 Å². The molecule has 1 amide bonds. The van der Waals surface area contributed by atoms with E-state index in [1.54, 1.807) is 6.08 Å². The average molecular weight is 536 g/mol. The molecule has 0 fully saturated rings. The molecule has 2 unspecified atom stereocenters. The highest BCUT2D eigenvalue weighted by Crippen LogP contribution is 2.13. The number of allylic oxidation sites excluding steroid dienone is 3. The molecule has 38 heavy (non-hydrogen) atoms. The van der Waals surface area contributed by atoms with Gasteiger partial charge in [-0.15, -0.1) is 0 Å². The van der Waals surface area contributed by atoms with E-state index in [9.17, 15) is 15.0 Å². The minimum atomic E-state index is -0.832. The third-order valence-corrected chi connectivity index (χ3v) is 7.43. The van der Waals surface area contributed by atoms with Crippen LogP contribution < -0.4 is 5.32 Å². The third kappa shape index (κ3) is 26.5. The zero-order valence-electron chi connectivity index (χ0n) is 25.4. The van der Waals surface area contributed by atoms with Crippen molar-refractivity contribution in [1.29, 1.82) is 0 Å². The Morgan fingerprint density at radius 3 is 1.50 bits per heavy atom.